The van der Waals surface area contributed by atoms with Crippen molar-refractivity contribution >= 4 is 29.7 Å². The van der Waals surface area contributed by atoms with Crippen LogP contribution in [-0.2, 0) is 14.3 Å². The molecule has 38 heavy (non-hydrogen) atoms. The van der Waals surface area contributed by atoms with Crippen LogP contribution in [0.3, 0.4) is 0 Å². The van der Waals surface area contributed by atoms with Gasteiger partial charge in [0.25, 0.3) is 0 Å². The predicted molar refractivity (Wildman–Crippen MR) is 159 cm³/mol. The Morgan fingerprint density at radius 2 is 1.68 bits per heavy atom. The number of aryl methyl sites for hydroxylation is 2. The molecule has 0 aromatic heterocycles. The van der Waals surface area contributed by atoms with Gasteiger partial charge in [0.05, 0.1) is 0 Å². The van der Waals surface area contributed by atoms with Crippen LogP contribution in [0.4, 0.5) is 4.79 Å². The number of rotatable bonds is 16. The number of alkyl carbamates (subject to hydrolysis) is 1. The lowest BCUT2D eigenvalue weighted by molar-refractivity contribution is -0.142. The number of carbonyl (C=O) groups is 3. The maximum absolute atomic E-state index is 14.2. The monoisotopic (exact) mass is 549 g/mol. The number of unbranched alkanes of at least 4 members (excludes halogenated alkanes) is 4. The second-order valence-corrected chi connectivity index (χ2v) is 12.0. The lowest BCUT2D eigenvalue weighted by Gasteiger charge is -2.35. The average Bonchev–Trinajstić information content (AvgIpc) is 2.83. The molecule has 0 aliphatic heterocycles. The number of hydrogen-bond donors (Lipinski definition) is 2. The molecule has 2 N–H and O–H groups in total. The molecule has 8 heteroatoms. The third kappa shape index (κ3) is 12.1. The van der Waals surface area contributed by atoms with Gasteiger partial charge in [-0.15, -0.1) is 0 Å². The molecular formula is C30H51N3O4S. The first-order chi connectivity index (χ1) is 17.9. The quantitative estimate of drug-likeness (QED) is 0.236. The third-order valence-electron chi connectivity index (χ3n) is 6.24. The summed E-state index contributed by atoms with van der Waals surface area (Å²) in [5.74, 6) is 0.250. The first-order valence-electron chi connectivity index (χ1n) is 14.1. The van der Waals surface area contributed by atoms with Gasteiger partial charge in [0, 0.05) is 13.1 Å². The van der Waals surface area contributed by atoms with E-state index in [0.29, 0.717) is 25.3 Å². The van der Waals surface area contributed by atoms with Gasteiger partial charge in [-0.1, -0.05) is 63.3 Å². The van der Waals surface area contributed by atoms with Crippen molar-refractivity contribution in [1.82, 2.24) is 15.5 Å². The molecule has 7 nitrogen and oxygen atoms in total. The normalized spacial score (nSPS) is 12.9. The molecule has 0 saturated carbocycles. The number of nitrogens with one attached hydrogen (secondary N) is 2. The van der Waals surface area contributed by atoms with Crippen molar-refractivity contribution in [1.29, 1.82) is 0 Å². The average molecular weight is 550 g/mol. The van der Waals surface area contributed by atoms with Crippen LogP contribution >= 0.6 is 11.8 Å². The lowest BCUT2D eigenvalue weighted by Crippen LogP contribution is -2.53. The molecule has 0 aliphatic carbocycles. The van der Waals surface area contributed by atoms with Crippen molar-refractivity contribution in [2.45, 2.75) is 111 Å². The molecule has 2 atom stereocenters. The van der Waals surface area contributed by atoms with Crippen LogP contribution in [0.1, 0.15) is 102 Å². The number of carbonyl (C=O) groups excluding carboxylic acids is 3. The summed E-state index contributed by atoms with van der Waals surface area (Å²) in [5, 5.41) is 5.90. The molecule has 3 amide bonds. The lowest BCUT2D eigenvalue weighted by atomic mass is 9.96. The van der Waals surface area contributed by atoms with Gasteiger partial charge in [-0.25, -0.2) is 4.79 Å². The summed E-state index contributed by atoms with van der Waals surface area (Å²) in [4.78, 5) is 42.3. The Bertz CT molecular complexity index is 885. The zero-order valence-electron chi connectivity index (χ0n) is 24.9. The van der Waals surface area contributed by atoms with Gasteiger partial charge in [0.2, 0.25) is 11.8 Å². The molecule has 1 aromatic carbocycles. The fourth-order valence-electron chi connectivity index (χ4n) is 4.31. The summed E-state index contributed by atoms with van der Waals surface area (Å²) in [6, 6.07) is 4.42. The second-order valence-electron chi connectivity index (χ2n) is 11.0. The van der Waals surface area contributed by atoms with Crippen LogP contribution < -0.4 is 10.6 Å². The van der Waals surface area contributed by atoms with Crippen LogP contribution in [0, 0.1) is 13.8 Å². The molecule has 216 valence electrons. The molecule has 0 radical (unpaired) electrons. The molecule has 1 aromatic rings. The minimum atomic E-state index is -0.792. The van der Waals surface area contributed by atoms with Gasteiger partial charge in [-0.2, -0.15) is 11.8 Å². The summed E-state index contributed by atoms with van der Waals surface area (Å²) < 4.78 is 5.47. The Morgan fingerprint density at radius 1 is 1.03 bits per heavy atom. The van der Waals surface area contributed by atoms with E-state index in [1.54, 1.807) is 37.4 Å². The van der Waals surface area contributed by atoms with Crippen molar-refractivity contribution in [3.05, 3.63) is 34.9 Å². The Labute approximate surface area is 235 Å². The second kappa shape index (κ2) is 17.4. The van der Waals surface area contributed by atoms with Gasteiger partial charge in [-0.05, 0) is 77.0 Å². The molecule has 0 spiro atoms. The summed E-state index contributed by atoms with van der Waals surface area (Å²) in [7, 11) is 0. The number of ether oxygens (including phenoxy) is 1. The van der Waals surface area contributed by atoms with E-state index in [1.807, 2.05) is 38.3 Å². The first kappa shape index (κ1) is 33.8. The van der Waals surface area contributed by atoms with Gasteiger partial charge >= 0.3 is 6.09 Å². The molecular weight excluding hydrogens is 498 g/mol. The fourth-order valence-corrected chi connectivity index (χ4v) is 4.78. The Hall–Kier alpha value is -2.22. The van der Waals surface area contributed by atoms with Crippen LogP contribution in [0.15, 0.2) is 18.2 Å². The Balaban J connectivity index is 3.46. The van der Waals surface area contributed by atoms with E-state index in [-0.39, 0.29) is 11.8 Å². The fraction of sp³-hybridized carbons (Fsp3) is 0.700. The summed E-state index contributed by atoms with van der Waals surface area (Å²) >= 11 is 1.61. The molecule has 0 fully saturated rings. The molecule has 2 unspecified atom stereocenters. The maximum Gasteiger partial charge on any atom is 0.408 e. The number of benzene rings is 1. The molecule has 1 rings (SSSR count). The largest absolute Gasteiger partial charge is 0.444 e. The summed E-state index contributed by atoms with van der Waals surface area (Å²) in [6.45, 7) is 14.6. The van der Waals surface area contributed by atoms with Crippen molar-refractivity contribution in [2.75, 3.05) is 25.1 Å². The highest BCUT2D eigenvalue weighted by atomic mass is 32.2. The molecule has 0 heterocycles. The van der Waals surface area contributed by atoms with E-state index in [9.17, 15) is 14.4 Å². The number of nitrogens with zero attached hydrogens (tertiary/aromatic N) is 1. The van der Waals surface area contributed by atoms with Crippen molar-refractivity contribution in [2.24, 2.45) is 0 Å². The molecule has 0 bridgehead atoms. The van der Waals surface area contributed by atoms with Gasteiger partial charge < -0.3 is 20.3 Å². The number of amides is 3. The first-order valence-corrected chi connectivity index (χ1v) is 15.5. The van der Waals surface area contributed by atoms with E-state index in [0.717, 1.165) is 55.2 Å². The highest BCUT2D eigenvalue weighted by Gasteiger charge is 2.36. The smallest absolute Gasteiger partial charge is 0.408 e. The van der Waals surface area contributed by atoms with Crippen LogP contribution in [-0.4, -0.2) is 59.5 Å². The zero-order chi connectivity index (χ0) is 28.7. The molecule has 0 aliphatic rings. The van der Waals surface area contributed by atoms with E-state index < -0.39 is 23.8 Å². The number of hydrogen-bond acceptors (Lipinski definition) is 5. The predicted octanol–water partition coefficient (Wildman–Crippen LogP) is 6.32. The van der Waals surface area contributed by atoms with E-state index in [1.165, 1.54) is 0 Å². The Kier molecular flexibility index (Phi) is 15.5. The van der Waals surface area contributed by atoms with Crippen molar-refractivity contribution in [3.63, 3.8) is 0 Å². The minimum Gasteiger partial charge on any atom is -0.444 e. The summed E-state index contributed by atoms with van der Waals surface area (Å²) in [5.41, 5.74) is 2.20. The third-order valence-corrected chi connectivity index (χ3v) is 6.89. The van der Waals surface area contributed by atoms with Crippen LogP contribution in [0.2, 0.25) is 0 Å². The van der Waals surface area contributed by atoms with Crippen molar-refractivity contribution < 1.29 is 19.1 Å². The highest BCUT2D eigenvalue weighted by Crippen LogP contribution is 2.27. The number of thioether (sulfide) groups is 1. The van der Waals surface area contributed by atoms with Gasteiger partial charge in [0.15, 0.2) is 0 Å². The minimum absolute atomic E-state index is 0.182. The summed E-state index contributed by atoms with van der Waals surface area (Å²) in [6.07, 6.45) is 7.48. The highest BCUT2D eigenvalue weighted by molar-refractivity contribution is 7.98. The standard InChI is InChI=1S/C30H51N3O4S/c1-9-11-13-18-31-27(34)26(24-16-15-22(3)21-23(24)4)33(19-14-12-10-2)28(35)25(17-20-38-8)32-29(36)37-30(5,6)7/h15-16,21,25-26H,9-14,17-20H2,1-8H3,(H,31,34)(H,32,36). The van der Waals surface area contributed by atoms with E-state index in [2.05, 4.69) is 24.5 Å². The van der Waals surface area contributed by atoms with E-state index >= 15 is 0 Å². The van der Waals surface area contributed by atoms with Crippen LogP contribution in [0.5, 0.6) is 0 Å². The maximum atomic E-state index is 14.2. The SMILES string of the molecule is CCCCCNC(=O)C(c1ccc(C)cc1C)N(CCCCC)C(=O)C(CCSC)NC(=O)OC(C)(C)C. The van der Waals surface area contributed by atoms with Crippen LogP contribution in [0.25, 0.3) is 0 Å². The molecule has 0 saturated heterocycles. The van der Waals surface area contributed by atoms with Gasteiger partial charge in [-0.3, -0.25) is 9.59 Å². The van der Waals surface area contributed by atoms with Gasteiger partial charge in [0.1, 0.15) is 17.7 Å². The van der Waals surface area contributed by atoms with Crippen molar-refractivity contribution in [3.8, 4) is 0 Å². The van der Waals surface area contributed by atoms with E-state index in [4.69, 9.17) is 4.74 Å². The Morgan fingerprint density at radius 3 is 2.26 bits per heavy atom. The zero-order valence-corrected chi connectivity index (χ0v) is 25.8. The topological polar surface area (TPSA) is 87.7 Å².